The van der Waals surface area contributed by atoms with Gasteiger partial charge >= 0.3 is 0 Å². The summed E-state index contributed by atoms with van der Waals surface area (Å²) in [7, 11) is 0. The Labute approximate surface area is 136 Å². The summed E-state index contributed by atoms with van der Waals surface area (Å²) < 4.78 is 0. The molecule has 3 N–H and O–H groups in total. The van der Waals surface area contributed by atoms with Gasteiger partial charge in [-0.15, -0.1) is 0 Å². The van der Waals surface area contributed by atoms with E-state index in [1.807, 2.05) is 11.8 Å². The third kappa shape index (κ3) is 5.79. The number of hydrogen-bond donors (Lipinski definition) is 2. The van der Waals surface area contributed by atoms with E-state index in [9.17, 15) is 4.79 Å². The maximum Gasteiger partial charge on any atom is 0.224 e. The molecule has 0 aromatic heterocycles. The highest BCUT2D eigenvalue weighted by molar-refractivity contribution is 7.99. The fourth-order valence-corrected chi connectivity index (χ4v) is 3.91. The highest BCUT2D eigenvalue weighted by atomic mass is 35.5. The van der Waals surface area contributed by atoms with Crippen molar-refractivity contribution >= 4 is 40.6 Å². The first-order chi connectivity index (χ1) is 10.1. The predicted molar refractivity (Wildman–Crippen MR) is 93.0 cm³/mol. The third-order valence-corrected chi connectivity index (χ3v) is 5.43. The highest BCUT2D eigenvalue weighted by Crippen LogP contribution is 2.28. The number of thioether (sulfide) groups is 1. The number of carbonyl (C=O) groups is 1. The molecule has 1 aliphatic carbocycles. The molecule has 0 saturated heterocycles. The van der Waals surface area contributed by atoms with Crippen LogP contribution in [0.3, 0.4) is 0 Å². The zero-order chi connectivity index (χ0) is 15.1. The lowest BCUT2D eigenvalue weighted by Gasteiger charge is -2.09. The Balaban J connectivity index is 1.59. The Kier molecular flexibility index (Phi) is 6.71. The average Bonchev–Trinajstić information content (AvgIpc) is 2.96. The molecule has 3 nitrogen and oxygen atoms in total. The van der Waals surface area contributed by atoms with Crippen LogP contribution in [-0.2, 0) is 4.79 Å². The summed E-state index contributed by atoms with van der Waals surface area (Å²) in [6.07, 6.45) is 7.07. The molecule has 0 unspecified atom stereocenters. The molecule has 0 radical (unpaired) electrons. The van der Waals surface area contributed by atoms with E-state index in [2.05, 4.69) is 5.32 Å². The van der Waals surface area contributed by atoms with Crippen LogP contribution in [-0.4, -0.2) is 17.4 Å². The number of nitrogens with two attached hydrogens (primary N) is 1. The Hall–Kier alpha value is -0.870. The van der Waals surface area contributed by atoms with Crippen LogP contribution in [0.1, 0.15) is 38.5 Å². The van der Waals surface area contributed by atoms with Crippen molar-refractivity contribution in [2.24, 2.45) is 5.92 Å². The van der Waals surface area contributed by atoms with Crippen LogP contribution in [0.15, 0.2) is 18.2 Å². The summed E-state index contributed by atoms with van der Waals surface area (Å²) in [4.78, 5) is 11.8. The first-order valence-corrected chi connectivity index (χ1v) is 9.11. The van der Waals surface area contributed by atoms with Gasteiger partial charge in [0.15, 0.2) is 0 Å². The van der Waals surface area contributed by atoms with Crippen LogP contribution >= 0.6 is 23.4 Å². The van der Waals surface area contributed by atoms with Gasteiger partial charge in [-0.05, 0) is 54.9 Å². The van der Waals surface area contributed by atoms with E-state index in [4.69, 9.17) is 17.3 Å². The molecule has 2 rings (SSSR count). The van der Waals surface area contributed by atoms with Crippen molar-refractivity contribution in [1.82, 2.24) is 0 Å². The van der Waals surface area contributed by atoms with Gasteiger partial charge in [0.2, 0.25) is 5.91 Å². The highest BCUT2D eigenvalue weighted by Gasteiger charge is 2.14. The van der Waals surface area contributed by atoms with E-state index in [-0.39, 0.29) is 5.91 Å². The molecule has 21 heavy (non-hydrogen) atoms. The fraction of sp³-hybridized carbons (Fsp3) is 0.562. The van der Waals surface area contributed by atoms with Crippen LogP contribution in [0.4, 0.5) is 11.4 Å². The van der Waals surface area contributed by atoms with Crippen LogP contribution in [0.25, 0.3) is 0 Å². The monoisotopic (exact) mass is 326 g/mol. The lowest BCUT2D eigenvalue weighted by atomic mass is 10.1. The second kappa shape index (κ2) is 8.54. The smallest absolute Gasteiger partial charge is 0.224 e. The number of rotatable bonds is 7. The minimum atomic E-state index is 0.0400. The minimum Gasteiger partial charge on any atom is -0.397 e. The second-order valence-corrected chi connectivity index (χ2v) is 7.17. The SMILES string of the molecule is Nc1cc(NC(=O)CCCSCC2CCCC2)ccc1Cl. The number of nitrogen functional groups attached to an aromatic ring is 1. The fourth-order valence-electron chi connectivity index (χ4n) is 2.61. The van der Waals surface area contributed by atoms with Gasteiger partial charge < -0.3 is 11.1 Å². The van der Waals surface area contributed by atoms with E-state index in [1.54, 1.807) is 18.2 Å². The first kappa shape index (κ1) is 16.5. The van der Waals surface area contributed by atoms with Crippen molar-refractivity contribution in [3.05, 3.63) is 23.2 Å². The van der Waals surface area contributed by atoms with Crippen LogP contribution in [0.2, 0.25) is 5.02 Å². The van der Waals surface area contributed by atoms with Gasteiger partial charge in [0.1, 0.15) is 0 Å². The molecule has 1 aliphatic rings. The molecule has 116 valence electrons. The topological polar surface area (TPSA) is 55.1 Å². The van der Waals surface area contributed by atoms with Gasteiger partial charge in [-0.25, -0.2) is 0 Å². The van der Waals surface area contributed by atoms with E-state index >= 15 is 0 Å². The number of hydrogen-bond acceptors (Lipinski definition) is 3. The van der Waals surface area contributed by atoms with Crippen molar-refractivity contribution in [3.8, 4) is 0 Å². The van der Waals surface area contributed by atoms with Crippen molar-refractivity contribution in [3.63, 3.8) is 0 Å². The number of benzene rings is 1. The molecule has 0 atom stereocenters. The zero-order valence-corrected chi connectivity index (χ0v) is 13.8. The Morgan fingerprint density at radius 3 is 2.86 bits per heavy atom. The number of carbonyl (C=O) groups excluding carboxylic acids is 1. The summed E-state index contributed by atoms with van der Waals surface area (Å²) in [5.74, 6) is 3.28. The van der Waals surface area contributed by atoms with Gasteiger partial charge in [0.05, 0.1) is 10.7 Å². The number of amides is 1. The molecule has 1 aromatic carbocycles. The van der Waals surface area contributed by atoms with Crippen molar-refractivity contribution in [2.75, 3.05) is 22.6 Å². The molecule has 0 bridgehead atoms. The Bertz CT molecular complexity index is 475. The standard InChI is InChI=1S/C16H23ClN2OS/c17-14-8-7-13(10-15(14)18)19-16(20)6-3-9-21-11-12-4-1-2-5-12/h7-8,10,12H,1-6,9,11,18H2,(H,19,20). The predicted octanol–water partition coefficient (Wildman–Crippen LogP) is 4.56. The summed E-state index contributed by atoms with van der Waals surface area (Å²) >= 11 is 7.83. The summed E-state index contributed by atoms with van der Waals surface area (Å²) in [6, 6.07) is 5.16. The van der Waals surface area contributed by atoms with Crippen LogP contribution in [0, 0.1) is 5.92 Å². The largest absolute Gasteiger partial charge is 0.397 e. The van der Waals surface area contributed by atoms with Crippen molar-refractivity contribution in [1.29, 1.82) is 0 Å². The molecule has 5 heteroatoms. The van der Waals surface area contributed by atoms with E-state index in [0.29, 0.717) is 22.8 Å². The average molecular weight is 327 g/mol. The first-order valence-electron chi connectivity index (χ1n) is 7.58. The molecule has 0 aliphatic heterocycles. The van der Waals surface area contributed by atoms with E-state index in [0.717, 1.165) is 18.1 Å². The zero-order valence-electron chi connectivity index (χ0n) is 12.2. The normalized spacial score (nSPS) is 15.3. The summed E-state index contributed by atoms with van der Waals surface area (Å²) in [6.45, 7) is 0. The quantitative estimate of drug-likeness (QED) is 0.570. The van der Waals surface area contributed by atoms with Gasteiger partial charge in [0, 0.05) is 12.1 Å². The molecule has 0 spiro atoms. The molecule has 1 fully saturated rings. The number of halogens is 1. The second-order valence-electron chi connectivity index (χ2n) is 5.61. The number of nitrogens with one attached hydrogen (secondary N) is 1. The number of anilines is 2. The Morgan fingerprint density at radius 2 is 2.14 bits per heavy atom. The van der Waals surface area contributed by atoms with Crippen LogP contribution < -0.4 is 11.1 Å². The maximum absolute atomic E-state index is 11.8. The summed E-state index contributed by atoms with van der Waals surface area (Å²) in [5.41, 5.74) is 6.91. The molecule has 1 saturated carbocycles. The van der Waals surface area contributed by atoms with Crippen molar-refractivity contribution < 1.29 is 4.79 Å². The van der Waals surface area contributed by atoms with Gasteiger partial charge in [-0.1, -0.05) is 24.4 Å². The lowest BCUT2D eigenvalue weighted by molar-refractivity contribution is -0.116. The third-order valence-electron chi connectivity index (χ3n) is 3.80. The van der Waals surface area contributed by atoms with Gasteiger partial charge in [-0.2, -0.15) is 11.8 Å². The van der Waals surface area contributed by atoms with E-state index < -0.39 is 0 Å². The molecule has 0 heterocycles. The van der Waals surface area contributed by atoms with Crippen molar-refractivity contribution in [2.45, 2.75) is 38.5 Å². The molecular formula is C16H23ClN2OS. The van der Waals surface area contributed by atoms with Gasteiger partial charge in [-0.3, -0.25) is 4.79 Å². The lowest BCUT2D eigenvalue weighted by Crippen LogP contribution is -2.11. The maximum atomic E-state index is 11.8. The molecular weight excluding hydrogens is 304 g/mol. The summed E-state index contributed by atoms with van der Waals surface area (Å²) in [5, 5.41) is 3.37. The molecule has 1 aromatic rings. The van der Waals surface area contributed by atoms with Crippen LogP contribution in [0.5, 0.6) is 0 Å². The minimum absolute atomic E-state index is 0.0400. The van der Waals surface area contributed by atoms with E-state index in [1.165, 1.54) is 31.4 Å². The Morgan fingerprint density at radius 1 is 1.38 bits per heavy atom. The van der Waals surface area contributed by atoms with Gasteiger partial charge in [0.25, 0.3) is 0 Å². The molecule has 1 amide bonds.